The minimum atomic E-state index is 0.228. The Kier molecular flexibility index (Phi) is 3.44. The van der Waals surface area contributed by atoms with Crippen LogP contribution in [0.25, 0.3) is 11.1 Å². The van der Waals surface area contributed by atoms with E-state index in [1.54, 1.807) is 6.07 Å². The molecule has 0 atom stereocenters. The molecule has 2 aromatic carbocycles. The first kappa shape index (κ1) is 13.0. The molecular formula is C16H13N3O2. The van der Waals surface area contributed by atoms with E-state index in [4.69, 9.17) is 20.1 Å². The van der Waals surface area contributed by atoms with Crippen molar-refractivity contribution in [3.8, 4) is 11.8 Å². The third-order valence-electron chi connectivity index (χ3n) is 3.06. The van der Waals surface area contributed by atoms with E-state index in [0.29, 0.717) is 34.8 Å². The Morgan fingerprint density at radius 1 is 1.19 bits per heavy atom. The van der Waals surface area contributed by atoms with E-state index in [9.17, 15) is 0 Å². The molecule has 21 heavy (non-hydrogen) atoms. The number of ether oxygens (including phenoxy) is 1. The van der Waals surface area contributed by atoms with Gasteiger partial charge in [-0.15, -0.1) is 0 Å². The van der Waals surface area contributed by atoms with Gasteiger partial charge in [-0.3, -0.25) is 0 Å². The zero-order valence-corrected chi connectivity index (χ0v) is 11.2. The van der Waals surface area contributed by atoms with E-state index in [1.807, 2.05) is 36.4 Å². The smallest absolute Gasteiger partial charge is 0.233 e. The predicted molar refractivity (Wildman–Crippen MR) is 78.5 cm³/mol. The summed E-state index contributed by atoms with van der Waals surface area (Å²) in [6.45, 7) is 0.228. The number of benzene rings is 2. The van der Waals surface area contributed by atoms with Crippen LogP contribution in [0, 0.1) is 11.3 Å². The zero-order valence-electron chi connectivity index (χ0n) is 11.2. The van der Waals surface area contributed by atoms with Crippen LogP contribution in [0.3, 0.4) is 0 Å². The lowest BCUT2D eigenvalue weighted by Gasteiger charge is -2.03. The van der Waals surface area contributed by atoms with Crippen molar-refractivity contribution < 1.29 is 9.15 Å². The highest BCUT2D eigenvalue weighted by Crippen LogP contribution is 2.22. The highest BCUT2D eigenvalue weighted by Gasteiger charge is 2.08. The summed E-state index contributed by atoms with van der Waals surface area (Å²) in [6, 6.07) is 14.9. The maximum absolute atomic E-state index is 8.62. The van der Waals surface area contributed by atoms with Gasteiger partial charge in [0.2, 0.25) is 5.89 Å². The second kappa shape index (κ2) is 5.55. The summed E-state index contributed by atoms with van der Waals surface area (Å²) >= 11 is 0. The van der Waals surface area contributed by atoms with Gasteiger partial charge < -0.3 is 14.9 Å². The minimum Gasteiger partial charge on any atom is -0.484 e. The molecule has 2 N–H and O–H groups in total. The molecule has 0 amide bonds. The number of oxazole rings is 1. The van der Waals surface area contributed by atoms with Crippen LogP contribution in [0.15, 0.2) is 46.9 Å². The van der Waals surface area contributed by atoms with Crippen molar-refractivity contribution in [2.45, 2.75) is 13.0 Å². The van der Waals surface area contributed by atoms with Crippen LogP contribution < -0.4 is 10.5 Å². The molecule has 3 aromatic rings. The number of nitriles is 1. The average molecular weight is 279 g/mol. The normalized spacial score (nSPS) is 10.4. The molecule has 1 aromatic heterocycles. The molecule has 5 heteroatoms. The monoisotopic (exact) mass is 279 g/mol. The molecule has 0 aliphatic heterocycles. The fourth-order valence-corrected chi connectivity index (χ4v) is 2.02. The van der Waals surface area contributed by atoms with Gasteiger partial charge in [0, 0.05) is 0 Å². The molecule has 104 valence electrons. The molecule has 0 spiro atoms. The summed E-state index contributed by atoms with van der Waals surface area (Å²) in [5.41, 5.74) is 8.68. The van der Waals surface area contributed by atoms with Gasteiger partial charge in [-0.05, 0) is 29.8 Å². The Morgan fingerprint density at radius 2 is 2.00 bits per heavy atom. The van der Waals surface area contributed by atoms with Crippen LogP contribution in [0.2, 0.25) is 0 Å². The van der Waals surface area contributed by atoms with E-state index in [-0.39, 0.29) is 6.61 Å². The molecule has 0 saturated carbocycles. The molecule has 0 unspecified atom stereocenters. The van der Waals surface area contributed by atoms with Gasteiger partial charge in [-0.2, -0.15) is 5.26 Å². The molecule has 0 bridgehead atoms. The summed E-state index contributed by atoms with van der Waals surface area (Å²) in [5.74, 6) is 1.18. The molecule has 0 aliphatic carbocycles. The van der Waals surface area contributed by atoms with Gasteiger partial charge in [-0.1, -0.05) is 18.2 Å². The maximum Gasteiger partial charge on any atom is 0.233 e. The van der Waals surface area contributed by atoms with E-state index >= 15 is 0 Å². The van der Waals surface area contributed by atoms with Crippen molar-refractivity contribution in [1.82, 2.24) is 4.98 Å². The lowest BCUT2D eigenvalue weighted by molar-refractivity contribution is 0.267. The Bertz CT molecular complexity index is 800. The number of hydrogen-bond acceptors (Lipinski definition) is 5. The molecule has 1 heterocycles. The quantitative estimate of drug-likeness (QED) is 0.742. The van der Waals surface area contributed by atoms with Crippen LogP contribution in [0.1, 0.15) is 11.5 Å². The second-order valence-corrected chi connectivity index (χ2v) is 4.57. The molecule has 0 radical (unpaired) electrons. The third-order valence-corrected chi connectivity index (χ3v) is 3.06. The van der Waals surface area contributed by atoms with Gasteiger partial charge in [0.1, 0.15) is 11.3 Å². The number of rotatable bonds is 4. The first-order valence-electron chi connectivity index (χ1n) is 6.49. The van der Waals surface area contributed by atoms with Gasteiger partial charge >= 0.3 is 0 Å². The van der Waals surface area contributed by atoms with Gasteiger partial charge in [0.15, 0.2) is 12.2 Å². The first-order chi connectivity index (χ1) is 10.3. The maximum atomic E-state index is 8.62. The fourth-order valence-electron chi connectivity index (χ4n) is 2.02. The standard InChI is InChI=1S/C16H13N3O2/c17-9-8-11-4-6-12(7-5-11)20-10-15-19-16-13(18)2-1-3-14(16)21-15/h1-7H,8,10,18H2. The molecule has 5 nitrogen and oxygen atoms in total. The van der Waals surface area contributed by atoms with Crippen molar-refractivity contribution in [2.75, 3.05) is 5.73 Å². The van der Waals surface area contributed by atoms with Gasteiger partial charge in [-0.25, -0.2) is 4.98 Å². The van der Waals surface area contributed by atoms with Crippen molar-refractivity contribution in [1.29, 1.82) is 5.26 Å². The number of anilines is 1. The average Bonchev–Trinajstić information content (AvgIpc) is 2.91. The Morgan fingerprint density at radius 3 is 2.71 bits per heavy atom. The van der Waals surface area contributed by atoms with Gasteiger partial charge in [0.25, 0.3) is 0 Å². The van der Waals surface area contributed by atoms with E-state index in [2.05, 4.69) is 11.1 Å². The lowest BCUT2D eigenvalue weighted by atomic mass is 10.2. The molecule has 0 saturated heterocycles. The minimum absolute atomic E-state index is 0.228. The van der Waals surface area contributed by atoms with Crippen molar-refractivity contribution in [3.05, 3.63) is 53.9 Å². The number of nitrogens with two attached hydrogens (primary N) is 1. The SMILES string of the molecule is N#CCc1ccc(OCc2nc3c(N)cccc3o2)cc1. The van der Waals surface area contributed by atoms with Crippen molar-refractivity contribution >= 4 is 16.8 Å². The van der Waals surface area contributed by atoms with Crippen molar-refractivity contribution in [3.63, 3.8) is 0 Å². The number of nitrogen functional groups attached to an aromatic ring is 1. The molecular weight excluding hydrogens is 266 g/mol. The van der Waals surface area contributed by atoms with E-state index < -0.39 is 0 Å². The Labute approximate surface area is 121 Å². The molecule has 0 fully saturated rings. The third kappa shape index (κ3) is 2.79. The highest BCUT2D eigenvalue weighted by molar-refractivity contribution is 5.85. The predicted octanol–water partition coefficient (Wildman–Crippen LogP) is 3.06. The molecule has 0 aliphatic rings. The van der Waals surface area contributed by atoms with Crippen LogP contribution in [-0.2, 0) is 13.0 Å². The van der Waals surface area contributed by atoms with Crippen LogP contribution >= 0.6 is 0 Å². The van der Waals surface area contributed by atoms with Crippen molar-refractivity contribution in [2.24, 2.45) is 0 Å². The summed E-state index contributed by atoms with van der Waals surface area (Å²) in [5, 5.41) is 8.62. The Hall–Kier alpha value is -3.00. The van der Waals surface area contributed by atoms with E-state index in [1.165, 1.54) is 0 Å². The van der Waals surface area contributed by atoms with Crippen LogP contribution in [0.5, 0.6) is 5.75 Å². The zero-order chi connectivity index (χ0) is 14.7. The number of aromatic nitrogens is 1. The Balaban J connectivity index is 1.71. The number of para-hydroxylation sites is 1. The number of hydrogen-bond donors (Lipinski definition) is 1. The lowest BCUT2D eigenvalue weighted by Crippen LogP contribution is -1.95. The topological polar surface area (TPSA) is 85.1 Å². The number of nitrogens with zero attached hydrogens (tertiary/aromatic N) is 2. The summed E-state index contributed by atoms with van der Waals surface area (Å²) in [7, 11) is 0. The second-order valence-electron chi connectivity index (χ2n) is 4.57. The summed E-state index contributed by atoms with van der Waals surface area (Å²) in [6.07, 6.45) is 0.394. The fraction of sp³-hybridized carbons (Fsp3) is 0.125. The van der Waals surface area contributed by atoms with Gasteiger partial charge in [0.05, 0.1) is 18.2 Å². The van der Waals surface area contributed by atoms with E-state index in [0.717, 1.165) is 5.56 Å². The molecule has 3 rings (SSSR count). The first-order valence-corrected chi connectivity index (χ1v) is 6.49. The number of fused-ring (bicyclic) bond motifs is 1. The summed E-state index contributed by atoms with van der Waals surface area (Å²) in [4.78, 5) is 4.31. The highest BCUT2D eigenvalue weighted by atomic mass is 16.5. The van der Waals surface area contributed by atoms with Crippen LogP contribution in [0.4, 0.5) is 5.69 Å². The largest absolute Gasteiger partial charge is 0.484 e. The summed E-state index contributed by atoms with van der Waals surface area (Å²) < 4.78 is 11.2. The van der Waals surface area contributed by atoms with Crippen LogP contribution in [-0.4, -0.2) is 4.98 Å².